The quantitative estimate of drug-likeness (QED) is 0.326. The molecule has 0 saturated carbocycles. The Morgan fingerprint density at radius 2 is 1.81 bits per heavy atom. The van der Waals surface area contributed by atoms with Crippen molar-refractivity contribution in [3.8, 4) is 0 Å². The molecule has 1 aliphatic carbocycles. The largest absolute Gasteiger partial charge is 0.462 e. The molecule has 2 amide bonds. The van der Waals surface area contributed by atoms with Crippen LogP contribution >= 0.6 is 34.4 Å². The maximum absolute atomic E-state index is 12.8. The first-order valence-corrected chi connectivity index (χ1v) is 12.7. The van der Waals surface area contributed by atoms with Crippen LogP contribution in [0.2, 0.25) is 0 Å². The number of aromatic nitrogens is 2. The van der Waals surface area contributed by atoms with Gasteiger partial charge in [0, 0.05) is 10.8 Å². The smallest absolute Gasteiger partial charge is 0.341 e. The molecule has 2 heterocycles. The van der Waals surface area contributed by atoms with E-state index in [-0.39, 0.29) is 30.3 Å². The minimum Gasteiger partial charge on any atom is -0.462 e. The van der Waals surface area contributed by atoms with Crippen molar-refractivity contribution in [2.75, 3.05) is 17.2 Å². The van der Waals surface area contributed by atoms with Crippen molar-refractivity contribution in [1.82, 2.24) is 10.2 Å². The normalized spacial score (nSPS) is 14.1. The zero-order valence-electron chi connectivity index (χ0n) is 17.9. The molecule has 0 aliphatic heterocycles. The van der Waals surface area contributed by atoms with E-state index >= 15 is 0 Å². The van der Waals surface area contributed by atoms with Gasteiger partial charge in [0.05, 0.1) is 17.4 Å². The van der Waals surface area contributed by atoms with E-state index in [1.54, 1.807) is 27.7 Å². The summed E-state index contributed by atoms with van der Waals surface area (Å²) in [6.45, 7) is 7.42. The van der Waals surface area contributed by atoms with Gasteiger partial charge in [-0.2, -0.15) is 0 Å². The number of fused-ring (bicyclic) bond motifs is 1. The Bertz CT molecular complexity index is 970. The SMILES string of the molecule is CCOC(=O)c1c(NC(=O)C(C)Sc2nnc(NC(=O)C(C)C)s2)sc2c1CCCC2. The lowest BCUT2D eigenvalue weighted by Crippen LogP contribution is -2.23. The summed E-state index contributed by atoms with van der Waals surface area (Å²) in [5, 5.41) is 14.1. The van der Waals surface area contributed by atoms with E-state index in [0.717, 1.165) is 36.1 Å². The minimum atomic E-state index is -0.462. The number of carbonyl (C=O) groups excluding carboxylic acids is 3. The second-order valence-electron chi connectivity index (χ2n) is 7.40. The van der Waals surface area contributed by atoms with Gasteiger partial charge in [-0.3, -0.25) is 9.59 Å². The van der Waals surface area contributed by atoms with Crippen LogP contribution in [0.25, 0.3) is 0 Å². The van der Waals surface area contributed by atoms with E-state index in [0.29, 0.717) is 20.0 Å². The average molecular weight is 483 g/mol. The molecule has 8 nitrogen and oxygen atoms in total. The van der Waals surface area contributed by atoms with E-state index in [4.69, 9.17) is 4.74 Å². The number of rotatable bonds is 8. The summed E-state index contributed by atoms with van der Waals surface area (Å²) in [4.78, 5) is 38.3. The first-order chi connectivity index (χ1) is 14.8. The molecular weight excluding hydrogens is 456 g/mol. The highest BCUT2D eigenvalue weighted by molar-refractivity contribution is 8.02. The summed E-state index contributed by atoms with van der Waals surface area (Å²) in [7, 11) is 0. The van der Waals surface area contributed by atoms with Gasteiger partial charge < -0.3 is 15.4 Å². The number of carbonyl (C=O) groups is 3. The molecule has 168 valence electrons. The van der Waals surface area contributed by atoms with Crippen LogP contribution < -0.4 is 10.6 Å². The number of nitrogens with zero attached hydrogens (tertiary/aromatic N) is 2. The number of esters is 1. The zero-order chi connectivity index (χ0) is 22.5. The van der Waals surface area contributed by atoms with Crippen molar-refractivity contribution in [3.63, 3.8) is 0 Å². The second-order valence-corrected chi connectivity index (χ2v) is 11.1. The highest BCUT2D eigenvalue weighted by Crippen LogP contribution is 2.39. The summed E-state index contributed by atoms with van der Waals surface area (Å²) in [6.07, 6.45) is 3.86. The number of thiophene rings is 1. The lowest BCUT2D eigenvalue weighted by molar-refractivity contribution is -0.119. The van der Waals surface area contributed by atoms with Crippen LogP contribution in [-0.4, -0.2) is 39.8 Å². The molecule has 1 atom stereocenters. The maximum atomic E-state index is 12.8. The van der Waals surface area contributed by atoms with Crippen LogP contribution in [0.4, 0.5) is 10.1 Å². The van der Waals surface area contributed by atoms with E-state index in [1.165, 1.54) is 34.4 Å². The first kappa shape index (κ1) is 23.7. The molecule has 0 spiro atoms. The third-order valence-electron chi connectivity index (χ3n) is 4.70. The van der Waals surface area contributed by atoms with E-state index in [2.05, 4.69) is 20.8 Å². The maximum Gasteiger partial charge on any atom is 0.341 e. The van der Waals surface area contributed by atoms with Gasteiger partial charge in [0.25, 0.3) is 0 Å². The van der Waals surface area contributed by atoms with Gasteiger partial charge in [-0.25, -0.2) is 4.79 Å². The van der Waals surface area contributed by atoms with Crippen LogP contribution in [0.1, 0.15) is 61.3 Å². The Morgan fingerprint density at radius 3 is 2.52 bits per heavy atom. The highest BCUT2D eigenvalue weighted by Gasteiger charge is 2.28. The first-order valence-electron chi connectivity index (χ1n) is 10.2. The van der Waals surface area contributed by atoms with Crippen molar-refractivity contribution in [1.29, 1.82) is 0 Å². The monoisotopic (exact) mass is 482 g/mol. The van der Waals surface area contributed by atoms with E-state index < -0.39 is 5.25 Å². The molecule has 3 rings (SSSR count). The Morgan fingerprint density at radius 1 is 1.06 bits per heavy atom. The van der Waals surface area contributed by atoms with Crippen LogP contribution in [0.15, 0.2) is 4.34 Å². The number of hydrogen-bond acceptors (Lipinski definition) is 9. The molecule has 2 aromatic rings. The summed E-state index contributed by atoms with van der Waals surface area (Å²) >= 11 is 3.95. The summed E-state index contributed by atoms with van der Waals surface area (Å²) < 4.78 is 5.82. The standard InChI is InChI=1S/C20H26N4O4S3/c1-5-28-18(27)14-12-8-6-7-9-13(12)30-17(14)21-16(26)11(4)29-20-24-23-19(31-20)22-15(25)10(2)3/h10-11H,5-9H2,1-4H3,(H,21,26)(H,22,23,25). The van der Waals surface area contributed by atoms with E-state index in [1.807, 2.05) is 0 Å². The second kappa shape index (κ2) is 10.6. The third kappa shape index (κ3) is 5.83. The minimum absolute atomic E-state index is 0.133. The molecule has 31 heavy (non-hydrogen) atoms. The summed E-state index contributed by atoms with van der Waals surface area (Å²) in [6, 6.07) is 0. The van der Waals surface area contributed by atoms with Gasteiger partial charge in [-0.05, 0) is 45.1 Å². The molecule has 0 fully saturated rings. The van der Waals surface area contributed by atoms with Crippen LogP contribution in [-0.2, 0) is 27.2 Å². The molecule has 0 saturated heterocycles. The fraction of sp³-hybridized carbons (Fsp3) is 0.550. The van der Waals surface area contributed by atoms with E-state index in [9.17, 15) is 14.4 Å². The number of thioether (sulfide) groups is 1. The van der Waals surface area contributed by atoms with Crippen LogP contribution in [0.5, 0.6) is 0 Å². The van der Waals surface area contributed by atoms with Gasteiger partial charge in [-0.1, -0.05) is 36.9 Å². The third-order valence-corrected chi connectivity index (χ3v) is 7.93. The molecule has 0 aromatic carbocycles. The zero-order valence-corrected chi connectivity index (χ0v) is 20.4. The van der Waals surface area contributed by atoms with Gasteiger partial charge in [0.1, 0.15) is 5.00 Å². The molecular formula is C20H26N4O4S3. The van der Waals surface area contributed by atoms with Crippen LogP contribution in [0.3, 0.4) is 0 Å². The van der Waals surface area contributed by atoms with Crippen molar-refractivity contribution in [2.24, 2.45) is 5.92 Å². The Hall–Kier alpha value is -1.98. The number of hydrogen-bond donors (Lipinski definition) is 2. The number of nitrogens with one attached hydrogen (secondary N) is 2. The van der Waals surface area contributed by atoms with Gasteiger partial charge in [0.15, 0.2) is 4.34 Å². The molecule has 2 N–H and O–H groups in total. The molecule has 0 bridgehead atoms. The highest BCUT2D eigenvalue weighted by atomic mass is 32.2. The predicted octanol–water partition coefficient (Wildman–Crippen LogP) is 4.37. The van der Waals surface area contributed by atoms with Crippen molar-refractivity contribution in [2.45, 2.75) is 63.0 Å². The lowest BCUT2D eigenvalue weighted by atomic mass is 9.95. The fourth-order valence-corrected chi connectivity index (χ4v) is 6.23. The van der Waals surface area contributed by atoms with Crippen molar-refractivity contribution >= 4 is 62.4 Å². The van der Waals surface area contributed by atoms with Gasteiger partial charge in [0.2, 0.25) is 16.9 Å². The average Bonchev–Trinajstić information content (AvgIpc) is 3.31. The fourth-order valence-electron chi connectivity index (χ4n) is 3.05. The van der Waals surface area contributed by atoms with Crippen LogP contribution in [0, 0.1) is 5.92 Å². The lowest BCUT2D eigenvalue weighted by Gasteiger charge is -2.13. The Balaban J connectivity index is 1.69. The molecule has 0 radical (unpaired) electrons. The molecule has 1 unspecified atom stereocenters. The number of amides is 2. The predicted molar refractivity (Wildman–Crippen MR) is 124 cm³/mol. The molecule has 2 aromatic heterocycles. The Labute approximate surface area is 193 Å². The van der Waals surface area contributed by atoms with Gasteiger partial charge in [-0.15, -0.1) is 21.5 Å². The summed E-state index contributed by atoms with van der Waals surface area (Å²) in [5.41, 5.74) is 1.52. The molecule has 1 aliphatic rings. The van der Waals surface area contributed by atoms with Crippen molar-refractivity contribution < 1.29 is 19.1 Å². The Kier molecular flexibility index (Phi) is 8.06. The van der Waals surface area contributed by atoms with Gasteiger partial charge >= 0.3 is 5.97 Å². The topological polar surface area (TPSA) is 110 Å². The molecule has 11 heteroatoms. The number of ether oxygens (including phenoxy) is 1. The van der Waals surface area contributed by atoms with Crippen molar-refractivity contribution in [3.05, 3.63) is 16.0 Å². The summed E-state index contributed by atoms with van der Waals surface area (Å²) in [5.74, 6) is -0.897. The number of aryl methyl sites for hydroxylation is 1. The number of anilines is 2.